The molecule has 4 heteroatoms. The second kappa shape index (κ2) is 6.53. The predicted molar refractivity (Wildman–Crippen MR) is 71.3 cm³/mol. The van der Waals surface area contributed by atoms with Crippen molar-refractivity contribution in [3.05, 3.63) is 0 Å². The summed E-state index contributed by atoms with van der Waals surface area (Å²) in [6, 6.07) is 0. The zero-order valence-electron chi connectivity index (χ0n) is 11.6. The second-order valence-electron chi connectivity index (χ2n) is 5.92. The van der Waals surface area contributed by atoms with Crippen LogP contribution in [0, 0.1) is 17.8 Å². The lowest BCUT2D eigenvalue weighted by molar-refractivity contribution is -0.125. The summed E-state index contributed by atoms with van der Waals surface area (Å²) in [5, 5.41) is 6.41. The molecule has 4 nitrogen and oxygen atoms in total. The smallest absolute Gasteiger partial charge is 0.224 e. The maximum atomic E-state index is 12.0. The van der Waals surface area contributed by atoms with Crippen LogP contribution in [0.15, 0.2) is 0 Å². The van der Waals surface area contributed by atoms with Gasteiger partial charge in [0.1, 0.15) is 0 Å². The third-order valence-corrected chi connectivity index (χ3v) is 4.13. The van der Waals surface area contributed by atoms with Crippen LogP contribution in [-0.2, 0) is 9.53 Å². The SMILES string of the molecule is CC(C)C1OCCC1CNC(=O)C1CCCNC1. The molecule has 0 saturated carbocycles. The lowest BCUT2D eigenvalue weighted by Crippen LogP contribution is -2.43. The lowest BCUT2D eigenvalue weighted by atomic mass is 9.92. The Morgan fingerprint density at radius 2 is 2.28 bits per heavy atom. The fourth-order valence-electron chi connectivity index (χ4n) is 3.06. The third-order valence-electron chi connectivity index (χ3n) is 4.13. The number of ether oxygens (including phenoxy) is 1. The first-order valence-electron chi connectivity index (χ1n) is 7.28. The van der Waals surface area contributed by atoms with Crippen molar-refractivity contribution in [2.75, 3.05) is 26.2 Å². The molecule has 2 aliphatic rings. The minimum atomic E-state index is 0.165. The van der Waals surface area contributed by atoms with Crippen molar-refractivity contribution in [3.63, 3.8) is 0 Å². The van der Waals surface area contributed by atoms with E-state index in [2.05, 4.69) is 24.5 Å². The Labute approximate surface area is 110 Å². The van der Waals surface area contributed by atoms with Crippen LogP contribution in [0.1, 0.15) is 33.1 Å². The molecule has 2 fully saturated rings. The molecule has 104 valence electrons. The van der Waals surface area contributed by atoms with Gasteiger partial charge in [-0.3, -0.25) is 4.79 Å². The first-order valence-corrected chi connectivity index (χ1v) is 7.28. The number of hydrogen-bond acceptors (Lipinski definition) is 3. The van der Waals surface area contributed by atoms with Gasteiger partial charge < -0.3 is 15.4 Å². The molecular formula is C14H26N2O2. The van der Waals surface area contributed by atoms with Gasteiger partial charge in [0, 0.05) is 25.6 Å². The number of carbonyl (C=O) groups excluding carboxylic acids is 1. The molecule has 0 aromatic heterocycles. The maximum Gasteiger partial charge on any atom is 0.224 e. The molecule has 0 bridgehead atoms. The van der Waals surface area contributed by atoms with Gasteiger partial charge in [0.25, 0.3) is 0 Å². The molecule has 0 aromatic rings. The highest BCUT2D eigenvalue weighted by atomic mass is 16.5. The minimum absolute atomic E-state index is 0.165. The van der Waals surface area contributed by atoms with E-state index in [1.165, 1.54) is 0 Å². The van der Waals surface area contributed by atoms with Crippen LogP contribution >= 0.6 is 0 Å². The largest absolute Gasteiger partial charge is 0.378 e. The Morgan fingerprint density at radius 1 is 1.44 bits per heavy atom. The van der Waals surface area contributed by atoms with E-state index in [9.17, 15) is 4.79 Å². The van der Waals surface area contributed by atoms with Gasteiger partial charge in [-0.15, -0.1) is 0 Å². The van der Waals surface area contributed by atoms with Crippen LogP contribution in [0.3, 0.4) is 0 Å². The van der Waals surface area contributed by atoms with Gasteiger partial charge in [0.2, 0.25) is 5.91 Å². The van der Waals surface area contributed by atoms with Crippen LogP contribution in [0.4, 0.5) is 0 Å². The summed E-state index contributed by atoms with van der Waals surface area (Å²) in [5.74, 6) is 1.41. The van der Waals surface area contributed by atoms with Gasteiger partial charge in [-0.2, -0.15) is 0 Å². The van der Waals surface area contributed by atoms with E-state index >= 15 is 0 Å². The normalized spacial score (nSPS) is 32.7. The Morgan fingerprint density at radius 3 is 2.94 bits per heavy atom. The van der Waals surface area contributed by atoms with Crippen LogP contribution in [0.25, 0.3) is 0 Å². The van der Waals surface area contributed by atoms with Crippen molar-refractivity contribution >= 4 is 5.91 Å². The fourth-order valence-corrected chi connectivity index (χ4v) is 3.06. The van der Waals surface area contributed by atoms with Crippen molar-refractivity contribution < 1.29 is 9.53 Å². The summed E-state index contributed by atoms with van der Waals surface area (Å²) in [7, 11) is 0. The summed E-state index contributed by atoms with van der Waals surface area (Å²) < 4.78 is 5.74. The van der Waals surface area contributed by atoms with Crippen molar-refractivity contribution in [1.29, 1.82) is 0 Å². The van der Waals surface area contributed by atoms with E-state index in [0.717, 1.165) is 45.5 Å². The van der Waals surface area contributed by atoms with Crippen LogP contribution in [0.2, 0.25) is 0 Å². The molecule has 18 heavy (non-hydrogen) atoms. The second-order valence-corrected chi connectivity index (χ2v) is 5.92. The standard InChI is InChI=1S/C14H26N2O2/c1-10(2)13-11(5-7-18-13)9-16-14(17)12-4-3-6-15-8-12/h10-13,15H,3-9H2,1-2H3,(H,16,17). The average Bonchev–Trinajstić information content (AvgIpc) is 2.85. The highest BCUT2D eigenvalue weighted by Crippen LogP contribution is 2.26. The highest BCUT2D eigenvalue weighted by Gasteiger charge is 2.31. The zero-order chi connectivity index (χ0) is 13.0. The molecule has 2 aliphatic heterocycles. The van der Waals surface area contributed by atoms with Gasteiger partial charge in [-0.25, -0.2) is 0 Å². The summed E-state index contributed by atoms with van der Waals surface area (Å²) in [6.07, 6.45) is 3.52. The number of nitrogens with one attached hydrogen (secondary N) is 2. The molecule has 2 saturated heterocycles. The molecule has 2 N–H and O–H groups in total. The van der Waals surface area contributed by atoms with Gasteiger partial charge in [-0.05, 0) is 31.7 Å². The molecule has 2 rings (SSSR count). The molecular weight excluding hydrogens is 228 g/mol. The molecule has 0 spiro atoms. The Kier molecular flexibility index (Phi) is 5.01. The molecule has 2 heterocycles. The summed E-state index contributed by atoms with van der Waals surface area (Å²) in [6.45, 7) is 7.88. The third kappa shape index (κ3) is 3.45. The molecule has 0 aliphatic carbocycles. The molecule has 1 amide bonds. The van der Waals surface area contributed by atoms with Crippen molar-refractivity contribution in [3.8, 4) is 0 Å². The molecule has 0 radical (unpaired) electrons. The lowest BCUT2D eigenvalue weighted by Gasteiger charge is -2.25. The van der Waals surface area contributed by atoms with Crippen LogP contribution in [-0.4, -0.2) is 38.3 Å². The van der Waals surface area contributed by atoms with Crippen molar-refractivity contribution in [2.45, 2.75) is 39.2 Å². The van der Waals surface area contributed by atoms with E-state index in [0.29, 0.717) is 17.9 Å². The van der Waals surface area contributed by atoms with E-state index in [4.69, 9.17) is 4.74 Å². The molecule has 0 aromatic carbocycles. The van der Waals surface area contributed by atoms with Gasteiger partial charge >= 0.3 is 0 Å². The summed E-state index contributed by atoms with van der Waals surface area (Å²) >= 11 is 0. The number of carbonyl (C=O) groups is 1. The van der Waals surface area contributed by atoms with E-state index in [1.54, 1.807) is 0 Å². The van der Waals surface area contributed by atoms with Gasteiger partial charge in [0.15, 0.2) is 0 Å². The van der Waals surface area contributed by atoms with Gasteiger partial charge in [-0.1, -0.05) is 13.8 Å². The number of amides is 1. The quantitative estimate of drug-likeness (QED) is 0.791. The number of piperidine rings is 1. The van der Waals surface area contributed by atoms with Crippen LogP contribution in [0.5, 0.6) is 0 Å². The zero-order valence-corrected chi connectivity index (χ0v) is 11.6. The van der Waals surface area contributed by atoms with Crippen LogP contribution < -0.4 is 10.6 Å². The average molecular weight is 254 g/mol. The monoisotopic (exact) mass is 254 g/mol. The van der Waals surface area contributed by atoms with E-state index in [-0.39, 0.29) is 11.8 Å². The maximum absolute atomic E-state index is 12.0. The molecule has 3 unspecified atom stereocenters. The Bertz CT molecular complexity index is 275. The minimum Gasteiger partial charge on any atom is -0.378 e. The fraction of sp³-hybridized carbons (Fsp3) is 0.929. The number of rotatable bonds is 4. The van der Waals surface area contributed by atoms with E-state index in [1.807, 2.05) is 0 Å². The topological polar surface area (TPSA) is 50.4 Å². The first kappa shape index (κ1) is 13.8. The van der Waals surface area contributed by atoms with Crippen molar-refractivity contribution in [1.82, 2.24) is 10.6 Å². The highest BCUT2D eigenvalue weighted by molar-refractivity contribution is 5.78. The molecule has 3 atom stereocenters. The Hall–Kier alpha value is -0.610. The summed E-state index contributed by atoms with van der Waals surface area (Å²) in [4.78, 5) is 12.0. The van der Waals surface area contributed by atoms with Crippen molar-refractivity contribution in [2.24, 2.45) is 17.8 Å². The first-order chi connectivity index (χ1) is 8.68. The van der Waals surface area contributed by atoms with E-state index < -0.39 is 0 Å². The van der Waals surface area contributed by atoms with Gasteiger partial charge in [0.05, 0.1) is 12.0 Å². The summed E-state index contributed by atoms with van der Waals surface area (Å²) in [5.41, 5.74) is 0. The Balaban J connectivity index is 1.74. The predicted octanol–water partition coefficient (Wildman–Crippen LogP) is 1.16. The number of hydrogen-bond donors (Lipinski definition) is 2.